The molecule has 7 heteroatoms. The minimum absolute atomic E-state index is 0.274. The largest absolute Gasteiger partial charge is 0.449 e. The fourth-order valence-corrected chi connectivity index (χ4v) is 2.35. The van der Waals surface area contributed by atoms with Crippen LogP contribution in [0, 0.1) is 13.8 Å². The molecule has 0 fully saturated rings. The Morgan fingerprint density at radius 2 is 2.08 bits per heavy atom. The summed E-state index contributed by atoms with van der Waals surface area (Å²) < 4.78 is 10.2. The Kier molecular flexibility index (Phi) is 5.62. The molecule has 24 heavy (non-hydrogen) atoms. The lowest BCUT2D eigenvalue weighted by Crippen LogP contribution is -2.30. The smallest absolute Gasteiger partial charge is 0.344 e. The molecule has 0 spiro atoms. The van der Waals surface area contributed by atoms with E-state index < -0.39 is 18.0 Å². The first-order valence-corrected chi connectivity index (χ1v) is 7.95. The number of amides is 1. The number of nitrogens with one attached hydrogen (secondary N) is 1. The molecule has 1 atom stereocenters. The summed E-state index contributed by atoms with van der Waals surface area (Å²) in [5, 5.41) is 7.06. The van der Waals surface area contributed by atoms with Gasteiger partial charge in [-0.05, 0) is 44.9 Å². The molecule has 0 radical (unpaired) electrons. The minimum Gasteiger partial charge on any atom is -0.449 e. The van der Waals surface area contributed by atoms with Crippen molar-refractivity contribution < 1.29 is 18.8 Å². The molecule has 0 saturated heterocycles. The number of aromatic nitrogens is 1. The molecule has 1 aromatic heterocycles. The van der Waals surface area contributed by atoms with Gasteiger partial charge in [0, 0.05) is 10.7 Å². The molecule has 6 nitrogen and oxygen atoms in total. The normalized spacial score (nSPS) is 11.9. The van der Waals surface area contributed by atoms with E-state index in [0.29, 0.717) is 28.6 Å². The van der Waals surface area contributed by atoms with Crippen molar-refractivity contribution in [3.05, 3.63) is 45.8 Å². The van der Waals surface area contributed by atoms with E-state index in [1.54, 1.807) is 32.0 Å². The molecule has 1 heterocycles. The zero-order chi connectivity index (χ0) is 17.9. The summed E-state index contributed by atoms with van der Waals surface area (Å²) in [6.45, 7) is 6.78. The van der Waals surface area contributed by atoms with Gasteiger partial charge in [-0.2, -0.15) is 0 Å². The Morgan fingerprint density at radius 3 is 2.75 bits per heavy atom. The van der Waals surface area contributed by atoms with Gasteiger partial charge in [-0.15, -0.1) is 0 Å². The molecule has 128 valence electrons. The van der Waals surface area contributed by atoms with E-state index in [2.05, 4.69) is 10.5 Å². The van der Waals surface area contributed by atoms with Gasteiger partial charge >= 0.3 is 5.97 Å². The van der Waals surface area contributed by atoms with E-state index in [9.17, 15) is 9.59 Å². The summed E-state index contributed by atoms with van der Waals surface area (Å²) in [5.41, 5.74) is 2.10. The number of carbonyl (C=O) groups is 2. The number of rotatable bonds is 5. The highest BCUT2D eigenvalue weighted by atomic mass is 35.5. The van der Waals surface area contributed by atoms with Gasteiger partial charge in [-0.3, -0.25) is 4.79 Å². The van der Waals surface area contributed by atoms with Crippen LogP contribution in [-0.4, -0.2) is 23.1 Å². The molecule has 0 unspecified atom stereocenters. The third kappa shape index (κ3) is 3.76. The lowest BCUT2D eigenvalue weighted by Gasteiger charge is -2.15. The summed E-state index contributed by atoms with van der Waals surface area (Å²) in [5.74, 6) is -0.702. The average Bonchev–Trinajstić information content (AvgIpc) is 2.92. The van der Waals surface area contributed by atoms with E-state index in [-0.39, 0.29) is 5.56 Å². The quantitative estimate of drug-likeness (QED) is 0.831. The number of benzene rings is 1. The van der Waals surface area contributed by atoms with Crippen LogP contribution in [0.3, 0.4) is 0 Å². The van der Waals surface area contributed by atoms with E-state index in [1.807, 2.05) is 6.92 Å². The molecule has 2 aromatic rings. The molecule has 0 aliphatic rings. The lowest BCUT2D eigenvalue weighted by atomic mass is 10.1. The third-order valence-electron chi connectivity index (χ3n) is 3.65. The van der Waals surface area contributed by atoms with Crippen molar-refractivity contribution in [1.29, 1.82) is 0 Å². The van der Waals surface area contributed by atoms with Crippen LogP contribution in [0.25, 0.3) is 0 Å². The predicted octanol–water partition coefficient (Wildman–Crippen LogP) is 3.69. The summed E-state index contributed by atoms with van der Waals surface area (Å²) in [4.78, 5) is 24.5. The van der Waals surface area contributed by atoms with Crippen molar-refractivity contribution in [3.8, 4) is 0 Å². The molecule has 1 N–H and O–H groups in total. The van der Waals surface area contributed by atoms with Crippen LogP contribution in [0.4, 0.5) is 5.69 Å². The van der Waals surface area contributed by atoms with Crippen LogP contribution in [0.15, 0.2) is 22.7 Å². The van der Waals surface area contributed by atoms with Crippen LogP contribution in [0.1, 0.15) is 41.2 Å². The average molecular weight is 351 g/mol. The van der Waals surface area contributed by atoms with Gasteiger partial charge in [-0.25, -0.2) is 4.79 Å². The van der Waals surface area contributed by atoms with Crippen LogP contribution >= 0.6 is 11.6 Å². The van der Waals surface area contributed by atoms with Gasteiger partial charge in [0.25, 0.3) is 5.91 Å². The monoisotopic (exact) mass is 350 g/mol. The number of hydrogen-bond donors (Lipinski definition) is 1. The second-order valence-electron chi connectivity index (χ2n) is 5.36. The molecule has 2 rings (SSSR count). The van der Waals surface area contributed by atoms with Crippen LogP contribution < -0.4 is 5.32 Å². The van der Waals surface area contributed by atoms with Gasteiger partial charge in [0.1, 0.15) is 11.3 Å². The van der Waals surface area contributed by atoms with Crippen molar-refractivity contribution in [2.45, 2.75) is 40.2 Å². The summed E-state index contributed by atoms with van der Waals surface area (Å²) in [7, 11) is 0. The SMILES string of the molecule is CCc1noc(C)c1C(=O)O[C@H](C)C(=O)Nc1cccc(Cl)c1C. The maximum absolute atomic E-state index is 12.3. The van der Waals surface area contributed by atoms with Crippen molar-refractivity contribution in [3.63, 3.8) is 0 Å². The van der Waals surface area contributed by atoms with Crippen molar-refractivity contribution in [2.24, 2.45) is 0 Å². The van der Waals surface area contributed by atoms with Crippen LogP contribution in [0.5, 0.6) is 0 Å². The van der Waals surface area contributed by atoms with Crippen LogP contribution in [0.2, 0.25) is 5.02 Å². The molecule has 0 aliphatic carbocycles. The first-order chi connectivity index (χ1) is 11.3. The Bertz CT molecular complexity index is 770. The Balaban J connectivity index is 2.07. The molecular formula is C17H19ClN2O4. The number of carbonyl (C=O) groups excluding carboxylic acids is 2. The molecular weight excluding hydrogens is 332 g/mol. The number of halogens is 1. The van der Waals surface area contributed by atoms with Gasteiger partial charge in [-0.1, -0.05) is 29.7 Å². The van der Waals surface area contributed by atoms with E-state index in [0.717, 1.165) is 5.56 Å². The molecule has 0 aliphatic heterocycles. The molecule has 1 aromatic carbocycles. The summed E-state index contributed by atoms with van der Waals surface area (Å²) in [6.07, 6.45) is -0.445. The highest BCUT2D eigenvalue weighted by molar-refractivity contribution is 6.31. The lowest BCUT2D eigenvalue weighted by molar-refractivity contribution is -0.123. The number of aryl methyl sites for hydroxylation is 2. The van der Waals surface area contributed by atoms with Crippen molar-refractivity contribution >= 4 is 29.2 Å². The van der Waals surface area contributed by atoms with Gasteiger partial charge < -0.3 is 14.6 Å². The topological polar surface area (TPSA) is 81.4 Å². The van der Waals surface area contributed by atoms with E-state index in [1.165, 1.54) is 6.92 Å². The second kappa shape index (κ2) is 7.49. The first kappa shape index (κ1) is 18.0. The Labute approximate surface area is 145 Å². The van der Waals surface area contributed by atoms with E-state index in [4.69, 9.17) is 20.9 Å². The number of ether oxygens (including phenoxy) is 1. The van der Waals surface area contributed by atoms with Crippen LogP contribution in [-0.2, 0) is 16.0 Å². The van der Waals surface area contributed by atoms with Gasteiger partial charge in [0.2, 0.25) is 0 Å². The minimum atomic E-state index is -0.977. The van der Waals surface area contributed by atoms with E-state index >= 15 is 0 Å². The fourth-order valence-electron chi connectivity index (χ4n) is 2.17. The number of esters is 1. The van der Waals surface area contributed by atoms with Crippen molar-refractivity contribution in [2.75, 3.05) is 5.32 Å². The standard InChI is InChI=1S/C17H19ClN2O4/c1-5-13-15(10(3)24-20-13)17(22)23-11(4)16(21)19-14-8-6-7-12(18)9(14)2/h6-8,11H,5H2,1-4H3,(H,19,21)/t11-/m1/s1. The highest BCUT2D eigenvalue weighted by Crippen LogP contribution is 2.23. The van der Waals surface area contributed by atoms with Crippen molar-refractivity contribution in [1.82, 2.24) is 5.16 Å². The third-order valence-corrected chi connectivity index (χ3v) is 4.06. The zero-order valence-corrected chi connectivity index (χ0v) is 14.7. The Hall–Kier alpha value is -2.34. The first-order valence-electron chi connectivity index (χ1n) is 7.57. The van der Waals surface area contributed by atoms with Gasteiger partial charge in [0.05, 0.1) is 5.69 Å². The predicted molar refractivity (Wildman–Crippen MR) is 90.3 cm³/mol. The molecule has 0 bridgehead atoms. The molecule has 0 saturated carbocycles. The highest BCUT2D eigenvalue weighted by Gasteiger charge is 2.25. The van der Waals surface area contributed by atoms with Gasteiger partial charge in [0.15, 0.2) is 6.10 Å². The number of anilines is 1. The Morgan fingerprint density at radius 1 is 1.38 bits per heavy atom. The molecule has 1 amide bonds. The number of nitrogens with zero attached hydrogens (tertiary/aromatic N) is 1. The summed E-state index contributed by atoms with van der Waals surface area (Å²) >= 11 is 6.03. The number of hydrogen-bond acceptors (Lipinski definition) is 5. The fraction of sp³-hybridized carbons (Fsp3) is 0.353. The maximum atomic E-state index is 12.3. The second-order valence-corrected chi connectivity index (χ2v) is 5.77. The summed E-state index contributed by atoms with van der Waals surface area (Å²) in [6, 6.07) is 5.19. The zero-order valence-electron chi connectivity index (χ0n) is 14.0. The maximum Gasteiger partial charge on any atom is 0.344 e.